The molecule has 102 valence electrons. The summed E-state index contributed by atoms with van der Waals surface area (Å²) in [6.45, 7) is 3.73. The molecule has 0 atom stereocenters. The van der Waals surface area contributed by atoms with Crippen molar-refractivity contribution in [3.63, 3.8) is 0 Å². The predicted octanol–water partition coefficient (Wildman–Crippen LogP) is 1.63. The van der Waals surface area contributed by atoms with Gasteiger partial charge in [0.2, 0.25) is 0 Å². The van der Waals surface area contributed by atoms with Crippen molar-refractivity contribution in [2.24, 2.45) is 0 Å². The average Bonchev–Trinajstić information content (AvgIpc) is 2.38. The van der Waals surface area contributed by atoms with Gasteiger partial charge >= 0.3 is 0 Å². The SMILES string of the molecule is CCCCN(C)Cc1cc(=O)n2cccc(O)c2n1. The topological polar surface area (TPSA) is 57.8 Å². The Balaban J connectivity index is 2.30. The van der Waals surface area contributed by atoms with E-state index < -0.39 is 0 Å². The standard InChI is InChI=1S/C14H19N3O2/c1-3-4-7-16(2)10-11-9-13(19)17-8-5-6-12(18)14(17)15-11/h5-6,8-9,18H,3-4,7,10H2,1-2H3. The second-order valence-electron chi connectivity index (χ2n) is 4.76. The molecular weight excluding hydrogens is 242 g/mol. The molecule has 19 heavy (non-hydrogen) atoms. The second-order valence-corrected chi connectivity index (χ2v) is 4.76. The van der Waals surface area contributed by atoms with Crippen LogP contribution < -0.4 is 5.56 Å². The summed E-state index contributed by atoms with van der Waals surface area (Å²) in [5.74, 6) is 0.0256. The third kappa shape index (κ3) is 3.12. The highest BCUT2D eigenvalue weighted by atomic mass is 16.3. The largest absolute Gasteiger partial charge is 0.504 e. The smallest absolute Gasteiger partial charge is 0.258 e. The maximum absolute atomic E-state index is 11.9. The molecule has 0 spiro atoms. The quantitative estimate of drug-likeness (QED) is 0.888. The molecule has 2 heterocycles. The molecule has 0 aliphatic carbocycles. The van der Waals surface area contributed by atoms with Crippen molar-refractivity contribution in [2.75, 3.05) is 13.6 Å². The van der Waals surface area contributed by atoms with E-state index in [-0.39, 0.29) is 11.3 Å². The van der Waals surface area contributed by atoms with Gasteiger partial charge in [0.1, 0.15) is 0 Å². The monoisotopic (exact) mass is 261 g/mol. The average molecular weight is 261 g/mol. The van der Waals surface area contributed by atoms with E-state index in [9.17, 15) is 9.90 Å². The van der Waals surface area contributed by atoms with Gasteiger partial charge in [-0.3, -0.25) is 9.20 Å². The molecule has 2 aromatic rings. The van der Waals surface area contributed by atoms with E-state index in [0.717, 1.165) is 19.4 Å². The van der Waals surface area contributed by atoms with Gasteiger partial charge in [0.25, 0.3) is 5.56 Å². The maximum Gasteiger partial charge on any atom is 0.258 e. The lowest BCUT2D eigenvalue weighted by molar-refractivity contribution is 0.317. The lowest BCUT2D eigenvalue weighted by Gasteiger charge is -2.15. The highest BCUT2D eigenvalue weighted by molar-refractivity contribution is 5.52. The van der Waals surface area contributed by atoms with E-state index >= 15 is 0 Å². The summed E-state index contributed by atoms with van der Waals surface area (Å²) in [5.41, 5.74) is 0.832. The van der Waals surface area contributed by atoms with Crippen molar-refractivity contribution in [3.05, 3.63) is 40.4 Å². The molecule has 1 N–H and O–H groups in total. The molecule has 5 heteroatoms. The molecule has 5 nitrogen and oxygen atoms in total. The van der Waals surface area contributed by atoms with E-state index in [1.54, 1.807) is 12.3 Å². The van der Waals surface area contributed by atoms with Gasteiger partial charge in [0.05, 0.1) is 5.69 Å². The van der Waals surface area contributed by atoms with Crippen molar-refractivity contribution in [3.8, 4) is 5.75 Å². The number of rotatable bonds is 5. The lowest BCUT2D eigenvalue weighted by atomic mass is 10.3. The fourth-order valence-corrected chi connectivity index (χ4v) is 2.02. The summed E-state index contributed by atoms with van der Waals surface area (Å²) in [4.78, 5) is 18.4. The van der Waals surface area contributed by atoms with E-state index in [0.29, 0.717) is 17.9 Å². The summed E-state index contributed by atoms with van der Waals surface area (Å²) < 4.78 is 1.35. The fraction of sp³-hybridized carbons (Fsp3) is 0.429. The van der Waals surface area contributed by atoms with Gasteiger partial charge in [-0.2, -0.15) is 0 Å². The van der Waals surface area contributed by atoms with E-state index in [2.05, 4.69) is 16.8 Å². The van der Waals surface area contributed by atoms with Gasteiger partial charge in [-0.25, -0.2) is 4.98 Å². The fourth-order valence-electron chi connectivity index (χ4n) is 2.02. The van der Waals surface area contributed by atoms with Crippen molar-refractivity contribution in [1.82, 2.24) is 14.3 Å². The van der Waals surface area contributed by atoms with Crippen LogP contribution >= 0.6 is 0 Å². The molecule has 0 saturated heterocycles. The van der Waals surface area contributed by atoms with E-state index in [1.807, 2.05) is 7.05 Å². The minimum absolute atomic E-state index is 0.0256. The van der Waals surface area contributed by atoms with Crippen LogP contribution in [-0.2, 0) is 6.54 Å². The van der Waals surface area contributed by atoms with Gasteiger partial charge in [-0.1, -0.05) is 13.3 Å². The summed E-state index contributed by atoms with van der Waals surface area (Å²) >= 11 is 0. The van der Waals surface area contributed by atoms with Crippen LogP contribution in [0.2, 0.25) is 0 Å². The maximum atomic E-state index is 11.9. The molecule has 2 aromatic heterocycles. The number of pyridine rings is 1. The zero-order chi connectivity index (χ0) is 13.8. The summed E-state index contributed by atoms with van der Waals surface area (Å²) in [6.07, 6.45) is 3.86. The first-order valence-electron chi connectivity index (χ1n) is 6.50. The van der Waals surface area contributed by atoms with Gasteiger partial charge in [-0.05, 0) is 32.1 Å². The van der Waals surface area contributed by atoms with Crippen LogP contribution in [0.5, 0.6) is 5.75 Å². The van der Waals surface area contributed by atoms with Gasteiger partial charge in [0.15, 0.2) is 11.4 Å². The van der Waals surface area contributed by atoms with Crippen LogP contribution in [0.3, 0.4) is 0 Å². The number of aromatic hydroxyl groups is 1. The van der Waals surface area contributed by atoms with E-state index in [4.69, 9.17) is 0 Å². The Hall–Kier alpha value is -1.88. The molecule has 0 bridgehead atoms. The van der Waals surface area contributed by atoms with Crippen LogP contribution in [0, 0.1) is 0 Å². The molecule has 0 amide bonds. The molecular formula is C14H19N3O2. The number of hydrogen-bond acceptors (Lipinski definition) is 4. The molecule has 0 fully saturated rings. The third-order valence-electron chi connectivity index (χ3n) is 3.05. The van der Waals surface area contributed by atoms with Crippen molar-refractivity contribution >= 4 is 5.65 Å². The minimum atomic E-state index is -0.167. The van der Waals surface area contributed by atoms with Gasteiger partial charge in [0, 0.05) is 18.8 Å². The molecule has 0 saturated carbocycles. The Morgan fingerprint density at radius 2 is 2.26 bits per heavy atom. The number of unbranched alkanes of at least 4 members (excludes halogenated alkanes) is 1. The highest BCUT2D eigenvalue weighted by Gasteiger charge is 2.07. The Bertz CT molecular complexity index is 622. The molecule has 0 aliphatic rings. The highest BCUT2D eigenvalue weighted by Crippen LogP contribution is 2.14. The minimum Gasteiger partial charge on any atom is -0.504 e. The molecule has 0 radical (unpaired) electrons. The normalized spacial score (nSPS) is 11.3. The van der Waals surface area contributed by atoms with Crippen LogP contribution in [-0.4, -0.2) is 33.0 Å². The predicted molar refractivity (Wildman–Crippen MR) is 74.4 cm³/mol. The van der Waals surface area contributed by atoms with Crippen LogP contribution in [0.25, 0.3) is 5.65 Å². The van der Waals surface area contributed by atoms with Crippen LogP contribution in [0.1, 0.15) is 25.5 Å². The molecule has 2 rings (SSSR count). The van der Waals surface area contributed by atoms with Gasteiger partial charge < -0.3 is 10.0 Å². The Morgan fingerprint density at radius 1 is 1.47 bits per heavy atom. The van der Waals surface area contributed by atoms with Gasteiger partial charge in [-0.15, -0.1) is 0 Å². The number of fused-ring (bicyclic) bond motifs is 1. The molecule has 0 aliphatic heterocycles. The Kier molecular flexibility index (Phi) is 4.16. The number of nitrogens with zero attached hydrogens (tertiary/aromatic N) is 3. The third-order valence-corrected chi connectivity index (χ3v) is 3.05. The zero-order valence-corrected chi connectivity index (χ0v) is 11.3. The molecule has 0 aromatic carbocycles. The first kappa shape index (κ1) is 13.5. The van der Waals surface area contributed by atoms with Crippen LogP contribution in [0.4, 0.5) is 0 Å². The first-order valence-corrected chi connectivity index (χ1v) is 6.50. The van der Waals surface area contributed by atoms with Crippen LogP contribution in [0.15, 0.2) is 29.2 Å². The summed E-state index contributed by atoms with van der Waals surface area (Å²) in [6, 6.07) is 4.68. The lowest BCUT2D eigenvalue weighted by Crippen LogP contribution is -2.22. The molecule has 0 unspecified atom stereocenters. The van der Waals surface area contributed by atoms with Crippen molar-refractivity contribution < 1.29 is 5.11 Å². The summed E-state index contributed by atoms with van der Waals surface area (Å²) in [5, 5.41) is 9.76. The number of aromatic nitrogens is 2. The Labute approximate surface area is 112 Å². The zero-order valence-electron chi connectivity index (χ0n) is 11.3. The van der Waals surface area contributed by atoms with E-state index in [1.165, 1.54) is 16.5 Å². The second kappa shape index (κ2) is 5.84. The Morgan fingerprint density at radius 3 is 3.00 bits per heavy atom. The first-order chi connectivity index (χ1) is 9.11. The van der Waals surface area contributed by atoms with Crippen molar-refractivity contribution in [2.45, 2.75) is 26.3 Å². The summed E-state index contributed by atoms with van der Waals surface area (Å²) in [7, 11) is 2.00. The van der Waals surface area contributed by atoms with Crippen molar-refractivity contribution in [1.29, 1.82) is 0 Å². The number of hydrogen-bond donors (Lipinski definition) is 1.